The van der Waals surface area contributed by atoms with Crippen molar-refractivity contribution in [1.82, 2.24) is 5.32 Å². The van der Waals surface area contributed by atoms with E-state index < -0.39 is 48.3 Å². The summed E-state index contributed by atoms with van der Waals surface area (Å²) in [5, 5.41) is 12.1. The minimum Gasteiger partial charge on any atom is -0.469 e. The summed E-state index contributed by atoms with van der Waals surface area (Å²) in [6.45, 7) is 5.33. The van der Waals surface area contributed by atoms with Gasteiger partial charge in [-0.05, 0) is 19.3 Å². The lowest BCUT2D eigenvalue weighted by atomic mass is 10.00. The first-order chi connectivity index (χ1) is 25.7. The molecule has 0 aromatic rings. The normalized spacial score (nSPS) is 7.32. The van der Waals surface area contributed by atoms with Crippen LogP contribution in [0.5, 0.6) is 0 Å². The number of rotatable bonds is 38. The molecule has 0 radical (unpaired) electrons. The fraction of sp³-hybridized carbons (Fsp3) is 0.939. The Hall–Kier alpha value is -2.14. The fourth-order valence-electron chi connectivity index (χ4n) is 6.31. The molecule has 630 valence electrons. The van der Waals surface area contributed by atoms with Gasteiger partial charge in [0.25, 0.3) is 0 Å². The number of ether oxygens (including phenoxy) is 3. The van der Waals surface area contributed by atoms with Crippen molar-refractivity contribution in [1.29, 1.82) is 0 Å². The average molecular weight is 1410 g/mol. The van der Waals surface area contributed by atoms with Gasteiger partial charge in [0.05, 0.1) is 32.1 Å². The van der Waals surface area contributed by atoms with Crippen molar-refractivity contribution in [3.63, 3.8) is 0 Å². The number of methoxy groups -OCH3 is 1. The maximum Gasteiger partial charge on any atom is 0.311 e. The number of nitrogens with one attached hydrogen (secondary N) is 1. The molecular formula is C82H237NO9S. The minimum absolute atomic E-state index is 0. The van der Waals surface area contributed by atoms with Crippen LogP contribution in [0.4, 0.5) is 0 Å². The van der Waals surface area contributed by atoms with Gasteiger partial charge in [-0.15, -0.1) is 0 Å². The van der Waals surface area contributed by atoms with Crippen LogP contribution in [-0.4, -0.2) is 78.7 Å². The Kier molecular flexibility index (Phi) is 696. The summed E-state index contributed by atoms with van der Waals surface area (Å²) in [7, 11) is 1.18. The maximum atomic E-state index is 12.8. The molecule has 0 aliphatic heterocycles. The Bertz CT molecular complexity index is 957. The van der Waals surface area contributed by atoms with Gasteiger partial charge < -0.3 is 24.6 Å². The van der Waals surface area contributed by atoms with E-state index in [1.807, 2.05) is 0 Å². The largest absolute Gasteiger partial charge is 0.469 e. The Labute approximate surface area is 621 Å². The number of hydrogen-bond donors (Lipinski definition) is 2. The molecule has 0 rings (SSSR count). The van der Waals surface area contributed by atoms with Crippen molar-refractivity contribution < 1.29 is 43.3 Å². The van der Waals surface area contributed by atoms with E-state index in [2.05, 4.69) is 23.9 Å². The topological polar surface area (TPSA) is 145 Å². The fourth-order valence-corrected chi connectivity index (χ4v) is 7.19. The van der Waals surface area contributed by atoms with Crippen molar-refractivity contribution in [2.45, 2.75) is 497 Å². The first-order valence-electron chi connectivity index (χ1n) is 21.1. The third kappa shape index (κ3) is 194. The molecule has 0 spiro atoms. The number of Topliss-reactive ketones (excluding diaryl/α,β-unsaturated/α-hetero) is 1. The molecule has 0 unspecified atom stereocenters. The highest BCUT2D eigenvalue weighted by atomic mass is 32.2. The Morgan fingerprint density at radius 1 is 0.387 bits per heavy atom. The third-order valence-corrected chi connectivity index (χ3v) is 10.6. The standard InChI is InChI=1S/C42H77NO9S.40CH4/c1-5-7-9-11-13-15-16-17-18-20-22-24-26-28-40(47)52-37(27-25-23-21-19-14-12-10-8-6-2)32-41(48)51-29-30-53-34-38(43-35(3)45)39(46)31-36(33-44)42(49)50-4;;;;;;;;;;;;;;;;;;;;;;;;;;;;;;;;;;;;;;;;/h36-38,44H,5-34H2,1-4H3,(H,43,45);40*1H4/t36-,37+,38-;;;;;;;;;;;;;;;;;;;;;;;;;;;;;;;;;;;;;;;;/m0......................................../s1. The number of unbranched alkanes of at least 4 members (excludes halogenated alkanes) is 20. The molecule has 93 heavy (non-hydrogen) atoms. The molecule has 0 saturated carbocycles. The summed E-state index contributed by atoms with van der Waals surface area (Å²) >= 11 is 1.32. The SMILES string of the molecule is C.C.C.C.C.C.C.C.C.C.C.C.C.C.C.C.C.C.C.C.C.C.C.C.C.C.C.C.C.C.C.C.C.C.C.C.C.C.C.C.CCCCCCCCCCCCCCCC(=O)O[C@H](CCCCCCCCCCC)CC(=O)OCCSC[C@H](NC(C)=O)C(=O)C[C@@H](CO)C(=O)OC. The van der Waals surface area contributed by atoms with Crippen LogP contribution in [-0.2, 0) is 38.2 Å². The number of hydrogen-bond acceptors (Lipinski definition) is 10. The van der Waals surface area contributed by atoms with Crippen molar-refractivity contribution in [2.24, 2.45) is 5.92 Å². The van der Waals surface area contributed by atoms with E-state index in [0.717, 1.165) is 38.5 Å². The van der Waals surface area contributed by atoms with E-state index in [9.17, 15) is 29.1 Å². The van der Waals surface area contributed by atoms with Crippen LogP contribution in [0.15, 0.2) is 0 Å². The van der Waals surface area contributed by atoms with Gasteiger partial charge in [0.15, 0.2) is 5.78 Å². The summed E-state index contributed by atoms with van der Waals surface area (Å²) in [5.74, 6) is -2.56. The number of ketones is 1. The first-order valence-corrected chi connectivity index (χ1v) is 22.2. The van der Waals surface area contributed by atoms with Crippen molar-refractivity contribution in [2.75, 3.05) is 31.8 Å². The van der Waals surface area contributed by atoms with Crippen molar-refractivity contribution in [3.05, 3.63) is 0 Å². The monoisotopic (exact) mass is 1410 g/mol. The highest BCUT2D eigenvalue weighted by molar-refractivity contribution is 7.99. The summed E-state index contributed by atoms with van der Waals surface area (Å²) < 4.78 is 15.9. The average Bonchev–Trinajstić information content (AvgIpc) is 3.13. The molecule has 10 nitrogen and oxygen atoms in total. The number of thioether (sulfide) groups is 1. The molecule has 0 saturated heterocycles. The Balaban J connectivity index is -0.0000000173. The molecular weight excluding hydrogens is 1170 g/mol. The molecule has 2 N–H and O–H groups in total. The van der Waals surface area contributed by atoms with Crippen molar-refractivity contribution >= 4 is 41.4 Å². The molecule has 0 aliphatic rings. The predicted molar refractivity (Wildman–Crippen MR) is 484 cm³/mol. The first kappa shape index (κ1) is 295. The molecule has 0 fully saturated rings. The van der Waals surface area contributed by atoms with E-state index in [-0.39, 0.29) is 328 Å². The van der Waals surface area contributed by atoms with Crippen molar-refractivity contribution in [3.8, 4) is 0 Å². The smallest absolute Gasteiger partial charge is 0.311 e. The minimum atomic E-state index is -0.998. The van der Waals surface area contributed by atoms with Crippen LogP contribution in [0.1, 0.15) is 485 Å². The van der Waals surface area contributed by atoms with Gasteiger partial charge in [-0.25, -0.2) is 0 Å². The maximum absolute atomic E-state index is 12.8. The number of aliphatic hydroxyl groups is 1. The van der Waals surface area contributed by atoms with Gasteiger partial charge in [0.1, 0.15) is 12.7 Å². The van der Waals surface area contributed by atoms with E-state index >= 15 is 0 Å². The summed E-state index contributed by atoms with van der Waals surface area (Å²) in [5.41, 5.74) is 0. The Morgan fingerprint density at radius 3 is 0.935 bits per heavy atom. The summed E-state index contributed by atoms with van der Waals surface area (Å²) in [6.07, 6.45) is 27.0. The molecule has 1 amide bonds. The van der Waals surface area contributed by atoms with Crippen LogP contribution in [0.3, 0.4) is 0 Å². The van der Waals surface area contributed by atoms with E-state index in [1.165, 1.54) is 129 Å². The lowest BCUT2D eigenvalue weighted by Crippen LogP contribution is -2.43. The highest BCUT2D eigenvalue weighted by Crippen LogP contribution is 2.18. The van der Waals surface area contributed by atoms with Crippen LogP contribution >= 0.6 is 11.8 Å². The zero-order valence-electron chi connectivity index (χ0n) is 34.1. The number of esters is 3. The number of aliphatic hydroxyl groups excluding tert-OH is 1. The lowest BCUT2D eigenvalue weighted by Gasteiger charge is -2.19. The van der Waals surface area contributed by atoms with E-state index in [0.29, 0.717) is 18.6 Å². The number of amides is 1. The van der Waals surface area contributed by atoms with Gasteiger partial charge in [-0.2, -0.15) is 11.8 Å². The van der Waals surface area contributed by atoms with E-state index in [1.54, 1.807) is 0 Å². The van der Waals surface area contributed by atoms with Crippen LogP contribution in [0.25, 0.3) is 0 Å². The van der Waals surface area contributed by atoms with Gasteiger partial charge in [0, 0.05) is 31.3 Å². The Morgan fingerprint density at radius 2 is 0.667 bits per heavy atom. The lowest BCUT2D eigenvalue weighted by molar-refractivity contribution is -0.155. The predicted octanol–water partition coefficient (Wildman–Crippen LogP) is 34.7. The molecule has 11 heteroatoms. The molecule has 0 aromatic heterocycles. The van der Waals surface area contributed by atoms with Gasteiger partial charge in [-0.3, -0.25) is 24.0 Å². The second-order valence-corrected chi connectivity index (χ2v) is 15.7. The quantitative estimate of drug-likeness (QED) is 0.0348. The number of carbonyl (C=O) groups excluding carboxylic acids is 5. The van der Waals surface area contributed by atoms with Gasteiger partial charge >= 0.3 is 17.9 Å². The second kappa shape index (κ2) is 219. The van der Waals surface area contributed by atoms with Gasteiger partial charge in [0.2, 0.25) is 5.91 Å². The molecule has 0 aromatic carbocycles. The zero-order valence-corrected chi connectivity index (χ0v) is 34.9. The molecule has 3 atom stereocenters. The third-order valence-electron chi connectivity index (χ3n) is 9.55. The zero-order chi connectivity index (χ0) is 39.4. The van der Waals surface area contributed by atoms with E-state index in [4.69, 9.17) is 9.47 Å². The summed E-state index contributed by atoms with van der Waals surface area (Å²) in [4.78, 5) is 61.8. The molecule has 0 heterocycles. The van der Waals surface area contributed by atoms with Gasteiger partial charge in [-0.1, -0.05) is 439 Å². The number of carbonyl (C=O) groups is 5. The van der Waals surface area contributed by atoms with Crippen LogP contribution in [0.2, 0.25) is 0 Å². The highest BCUT2D eigenvalue weighted by Gasteiger charge is 2.27. The van der Waals surface area contributed by atoms with Crippen LogP contribution in [0, 0.1) is 5.92 Å². The molecule has 0 bridgehead atoms. The second-order valence-electron chi connectivity index (χ2n) is 14.5. The molecule has 0 aliphatic carbocycles. The van der Waals surface area contributed by atoms with Crippen LogP contribution < -0.4 is 5.32 Å². The summed E-state index contributed by atoms with van der Waals surface area (Å²) in [6, 6.07) is -0.859.